The van der Waals surface area contributed by atoms with E-state index >= 15 is 0 Å². The fourth-order valence-corrected chi connectivity index (χ4v) is 0.513. The first-order valence-corrected chi connectivity index (χ1v) is 4.95. The average Bonchev–Trinajstić information content (AvgIpc) is 2.17. The van der Waals surface area contributed by atoms with Crippen molar-refractivity contribution in [1.82, 2.24) is 6.15 Å². The Kier molecular flexibility index (Phi) is 13.5. The monoisotopic (exact) mass is 256 g/mol. The molecule has 0 bridgehead atoms. The fourth-order valence-electron chi connectivity index (χ4n) is 0.513. The van der Waals surface area contributed by atoms with E-state index in [1.807, 2.05) is 12.0 Å². The minimum Gasteiger partial charge on any atom is -0.472 e. The molecule has 102 valence electrons. The van der Waals surface area contributed by atoms with Crippen LogP contribution in [0.5, 0.6) is 0 Å². The summed E-state index contributed by atoms with van der Waals surface area (Å²) in [6.07, 6.45) is 0.266. The summed E-state index contributed by atoms with van der Waals surface area (Å²) in [4.78, 5) is 20.4. The van der Waals surface area contributed by atoms with Crippen molar-refractivity contribution in [3.63, 3.8) is 0 Å². The van der Waals surface area contributed by atoms with E-state index in [9.17, 15) is 9.59 Å². The third-order valence-electron chi connectivity index (χ3n) is 1.29. The first-order chi connectivity index (χ1) is 7.75. The number of ether oxygens (including phenoxy) is 1. The van der Waals surface area contributed by atoms with E-state index < -0.39 is 11.4 Å². The second-order valence-electron chi connectivity index (χ2n) is 3.97. The van der Waals surface area contributed by atoms with Crippen molar-refractivity contribution in [2.45, 2.75) is 34.1 Å². The predicted molar refractivity (Wildman–Crippen MR) is 66.8 cm³/mol. The van der Waals surface area contributed by atoms with Crippen molar-refractivity contribution in [3.05, 3.63) is 0 Å². The molecule has 0 atom stereocenters. The van der Waals surface area contributed by atoms with E-state index in [1.165, 1.54) is 6.92 Å². The molecule has 0 aromatic heterocycles. The van der Waals surface area contributed by atoms with E-state index in [2.05, 4.69) is 5.92 Å². The molecule has 0 spiro atoms. The van der Waals surface area contributed by atoms with Crippen LogP contribution in [0.3, 0.4) is 0 Å². The van der Waals surface area contributed by atoms with Crippen LogP contribution in [0.15, 0.2) is 0 Å². The van der Waals surface area contributed by atoms with Gasteiger partial charge in [-0.05, 0) is 27.7 Å². The van der Waals surface area contributed by atoms with Crippen molar-refractivity contribution >= 4 is 11.9 Å². The highest BCUT2D eigenvalue weighted by Crippen LogP contribution is 2.14. The summed E-state index contributed by atoms with van der Waals surface area (Å²) in [5.74, 6) is 2.76. The Morgan fingerprint density at radius 1 is 1.33 bits per heavy atom. The van der Waals surface area contributed by atoms with Gasteiger partial charge in [0, 0.05) is 5.92 Å². The Morgan fingerprint density at radius 2 is 1.83 bits per heavy atom. The largest absolute Gasteiger partial charge is 0.472 e. The topological polar surface area (TPSA) is 122 Å². The molecule has 0 aliphatic heterocycles. The standard InChI is InChI=1S/C8H13NO2.C4H4O2.H3N/c1-8(2,3)7(10)11-6-4-5-9;1-2-3-4(5)6;/h4,6H2,1-3H3;1H3,(H,5,6);1H3. The van der Waals surface area contributed by atoms with Gasteiger partial charge in [-0.15, -0.1) is 0 Å². The Bertz CT molecular complexity index is 353. The summed E-state index contributed by atoms with van der Waals surface area (Å²) in [6.45, 7) is 7.02. The normalized spacial score (nSPS) is 8.17. The summed E-state index contributed by atoms with van der Waals surface area (Å²) >= 11 is 0. The van der Waals surface area contributed by atoms with Crippen LogP contribution >= 0.6 is 0 Å². The summed E-state index contributed by atoms with van der Waals surface area (Å²) in [5.41, 5.74) is -0.463. The maximum atomic E-state index is 11.0. The Morgan fingerprint density at radius 3 is 2.06 bits per heavy atom. The minimum absolute atomic E-state index is 0. The van der Waals surface area contributed by atoms with Crippen molar-refractivity contribution < 1.29 is 19.4 Å². The third-order valence-corrected chi connectivity index (χ3v) is 1.29. The molecule has 0 heterocycles. The lowest BCUT2D eigenvalue weighted by Gasteiger charge is -2.15. The number of hydrogen-bond acceptors (Lipinski definition) is 5. The number of rotatable bonds is 2. The number of nitrogens with zero attached hydrogens (tertiary/aromatic N) is 1. The molecule has 0 saturated heterocycles. The summed E-state index contributed by atoms with van der Waals surface area (Å²) in [7, 11) is 0. The number of carboxylic acids is 1. The second kappa shape index (κ2) is 11.4. The molecular weight excluding hydrogens is 236 g/mol. The number of esters is 1. The van der Waals surface area contributed by atoms with Gasteiger partial charge in [-0.1, -0.05) is 5.92 Å². The molecule has 0 saturated carbocycles. The van der Waals surface area contributed by atoms with Gasteiger partial charge in [0.2, 0.25) is 0 Å². The van der Waals surface area contributed by atoms with E-state index in [0.29, 0.717) is 0 Å². The molecule has 0 fully saturated rings. The van der Waals surface area contributed by atoms with Crippen LogP contribution in [0.4, 0.5) is 0 Å². The van der Waals surface area contributed by atoms with E-state index in [1.54, 1.807) is 20.8 Å². The summed E-state index contributed by atoms with van der Waals surface area (Å²) in [6, 6.07) is 1.90. The van der Waals surface area contributed by atoms with E-state index in [0.717, 1.165) is 0 Å². The van der Waals surface area contributed by atoms with Crippen molar-refractivity contribution in [2.75, 3.05) is 6.61 Å². The van der Waals surface area contributed by atoms with Crippen LogP contribution in [0.2, 0.25) is 0 Å². The zero-order valence-corrected chi connectivity index (χ0v) is 11.2. The molecule has 6 heteroatoms. The Hall–Kier alpha value is -2.05. The molecule has 0 rings (SSSR count). The summed E-state index contributed by atoms with van der Waals surface area (Å²) < 4.78 is 4.79. The van der Waals surface area contributed by atoms with Gasteiger partial charge in [0.05, 0.1) is 17.9 Å². The number of carbonyl (C=O) groups is 2. The molecule has 0 aliphatic rings. The zero-order valence-electron chi connectivity index (χ0n) is 11.2. The fraction of sp³-hybridized carbons (Fsp3) is 0.583. The molecule has 0 radical (unpaired) electrons. The number of carbonyl (C=O) groups excluding carboxylic acids is 1. The Balaban J connectivity index is -0.000000277. The Labute approximate surface area is 108 Å². The highest BCUT2D eigenvalue weighted by molar-refractivity contribution is 5.86. The van der Waals surface area contributed by atoms with Crippen molar-refractivity contribution in [3.8, 4) is 17.9 Å². The number of nitriles is 1. The van der Waals surface area contributed by atoms with Gasteiger partial charge in [-0.25, -0.2) is 4.79 Å². The SMILES string of the molecule is CC#CC(=O)O.CC(C)(C)C(=O)OCCC#N.N. The third kappa shape index (κ3) is 16.4. The zero-order chi connectivity index (χ0) is 13.9. The minimum atomic E-state index is -1.07. The van der Waals surface area contributed by atoms with Crippen LogP contribution in [0.1, 0.15) is 34.1 Å². The number of carboxylic acid groups (broad SMARTS) is 1. The lowest BCUT2D eigenvalue weighted by atomic mass is 9.97. The molecular formula is C12H20N2O4. The number of hydrogen-bond donors (Lipinski definition) is 2. The molecule has 0 aliphatic carbocycles. The summed E-state index contributed by atoms with van der Waals surface area (Å²) in [5, 5.41) is 15.9. The lowest BCUT2D eigenvalue weighted by Crippen LogP contribution is -2.23. The highest BCUT2D eigenvalue weighted by atomic mass is 16.5. The maximum absolute atomic E-state index is 11.0. The second-order valence-corrected chi connectivity index (χ2v) is 3.97. The lowest BCUT2D eigenvalue weighted by molar-refractivity contribution is -0.152. The maximum Gasteiger partial charge on any atom is 0.381 e. The molecule has 0 aromatic rings. The van der Waals surface area contributed by atoms with Crippen LogP contribution in [-0.4, -0.2) is 23.7 Å². The molecule has 4 N–H and O–H groups in total. The van der Waals surface area contributed by atoms with Crippen LogP contribution in [-0.2, 0) is 14.3 Å². The van der Waals surface area contributed by atoms with Crippen molar-refractivity contribution in [2.24, 2.45) is 5.41 Å². The average molecular weight is 256 g/mol. The predicted octanol–water partition coefficient (Wildman–Crippen LogP) is 1.75. The van der Waals surface area contributed by atoms with Gasteiger partial charge >= 0.3 is 11.9 Å². The smallest absolute Gasteiger partial charge is 0.381 e. The molecule has 0 unspecified atom stereocenters. The van der Waals surface area contributed by atoms with Crippen LogP contribution in [0, 0.1) is 28.6 Å². The first-order valence-electron chi connectivity index (χ1n) is 4.95. The van der Waals surface area contributed by atoms with Crippen LogP contribution < -0.4 is 6.15 Å². The highest BCUT2D eigenvalue weighted by Gasteiger charge is 2.22. The van der Waals surface area contributed by atoms with Gasteiger partial charge < -0.3 is 16.0 Å². The molecule has 6 nitrogen and oxygen atoms in total. The molecule has 18 heavy (non-hydrogen) atoms. The van der Waals surface area contributed by atoms with Crippen LogP contribution in [0.25, 0.3) is 0 Å². The van der Waals surface area contributed by atoms with Gasteiger partial charge in [0.1, 0.15) is 6.61 Å². The first kappa shape index (κ1) is 21.3. The van der Waals surface area contributed by atoms with Crippen molar-refractivity contribution in [1.29, 1.82) is 5.26 Å². The molecule has 0 amide bonds. The quantitative estimate of drug-likeness (QED) is 0.440. The number of aliphatic carboxylic acids is 1. The van der Waals surface area contributed by atoms with E-state index in [-0.39, 0.29) is 25.1 Å². The van der Waals surface area contributed by atoms with E-state index in [4.69, 9.17) is 15.1 Å². The molecule has 0 aromatic carbocycles. The van der Waals surface area contributed by atoms with Gasteiger partial charge in [-0.2, -0.15) is 5.26 Å². The van der Waals surface area contributed by atoms with Gasteiger partial charge in [0.15, 0.2) is 0 Å². The van der Waals surface area contributed by atoms with Gasteiger partial charge in [-0.3, -0.25) is 4.79 Å². The van der Waals surface area contributed by atoms with Gasteiger partial charge in [0.25, 0.3) is 0 Å².